The van der Waals surface area contributed by atoms with Crippen LogP contribution in [-0.4, -0.2) is 11.0 Å². The summed E-state index contributed by atoms with van der Waals surface area (Å²) in [6, 6.07) is 6.07. The van der Waals surface area contributed by atoms with E-state index in [0.29, 0.717) is 11.5 Å². The van der Waals surface area contributed by atoms with Crippen LogP contribution < -0.4 is 10.6 Å². The van der Waals surface area contributed by atoms with Crippen LogP contribution in [0.3, 0.4) is 0 Å². The van der Waals surface area contributed by atoms with E-state index in [4.69, 9.17) is 12.2 Å². The van der Waals surface area contributed by atoms with Crippen molar-refractivity contribution in [2.45, 2.75) is 33.6 Å². The molecule has 0 aliphatic heterocycles. The SMILES string of the molecule is CCCC(=O)NC(=S)Nc1cc(C)ccc1C. The second-order valence-corrected chi connectivity index (χ2v) is 4.48. The number of hydrogen-bond donors (Lipinski definition) is 2. The molecule has 0 aromatic heterocycles. The molecule has 0 bridgehead atoms. The fourth-order valence-electron chi connectivity index (χ4n) is 1.44. The van der Waals surface area contributed by atoms with Gasteiger partial charge in [-0.05, 0) is 49.7 Å². The topological polar surface area (TPSA) is 41.1 Å². The minimum Gasteiger partial charge on any atom is -0.332 e. The first kappa shape index (κ1) is 13.6. The van der Waals surface area contributed by atoms with Crippen molar-refractivity contribution in [3.63, 3.8) is 0 Å². The lowest BCUT2D eigenvalue weighted by atomic mass is 10.1. The van der Waals surface area contributed by atoms with Gasteiger partial charge in [-0.15, -0.1) is 0 Å². The Morgan fingerprint density at radius 3 is 2.71 bits per heavy atom. The van der Waals surface area contributed by atoms with E-state index in [-0.39, 0.29) is 5.91 Å². The van der Waals surface area contributed by atoms with Gasteiger partial charge in [0.25, 0.3) is 0 Å². The Bertz CT molecular complexity index is 429. The number of carbonyl (C=O) groups is 1. The molecule has 0 spiro atoms. The zero-order chi connectivity index (χ0) is 12.8. The van der Waals surface area contributed by atoms with Gasteiger partial charge in [-0.3, -0.25) is 4.79 Å². The summed E-state index contributed by atoms with van der Waals surface area (Å²) in [7, 11) is 0. The van der Waals surface area contributed by atoms with Crippen molar-refractivity contribution in [1.29, 1.82) is 0 Å². The molecule has 4 heteroatoms. The van der Waals surface area contributed by atoms with E-state index < -0.39 is 0 Å². The van der Waals surface area contributed by atoms with Gasteiger partial charge in [0.1, 0.15) is 0 Å². The smallest absolute Gasteiger partial charge is 0.226 e. The van der Waals surface area contributed by atoms with Gasteiger partial charge in [-0.25, -0.2) is 0 Å². The first-order chi connectivity index (χ1) is 8.02. The lowest BCUT2D eigenvalue weighted by Gasteiger charge is -2.12. The second kappa shape index (κ2) is 6.35. The average molecular weight is 250 g/mol. The van der Waals surface area contributed by atoms with Gasteiger partial charge in [-0.1, -0.05) is 19.1 Å². The normalized spacial score (nSPS) is 9.82. The van der Waals surface area contributed by atoms with E-state index in [9.17, 15) is 4.79 Å². The molecule has 0 radical (unpaired) electrons. The largest absolute Gasteiger partial charge is 0.332 e. The first-order valence-corrected chi connectivity index (χ1v) is 6.12. The average Bonchev–Trinajstić information content (AvgIpc) is 2.23. The fourth-order valence-corrected chi connectivity index (χ4v) is 1.66. The lowest BCUT2D eigenvalue weighted by Crippen LogP contribution is -2.34. The molecule has 1 aromatic rings. The number of rotatable bonds is 3. The van der Waals surface area contributed by atoms with E-state index in [1.165, 1.54) is 0 Å². The maximum Gasteiger partial charge on any atom is 0.226 e. The molecule has 3 nitrogen and oxygen atoms in total. The molecule has 0 aliphatic rings. The van der Waals surface area contributed by atoms with Crippen molar-refractivity contribution in [3.8, 4) is 0 Å². The highest BCUT2D eigenvalue weighted by Gasteiger charge is 2.05. The van der Waals surface area contributed by atoms with Crippen LogP contribution in [-0.2, 0) is 4.79 Å². The van der Waals surface area contributed by atoms with Crippen LogP contribution in [0, 0.1) is 13.8 Å². The van der Waals surface area contributed by atoms with Gasteiger partial charge < -0.3 is 10.6 Å². The summed E-state index contributed by atoms with van der Waals surface area (Å²) in [4.78, 5) is 11.4. The Morgan fingerprint density at radius 1 is 1.35 bits per heavy atom. The van der Waals surface area contributed by atoms with E-state index in [0.717, 1.165) is 23.2 Å². The molecule has 0 unspecified atom stereocenters. The van der Waals surface area contributed by atoms with Crippen molar-refractivity contribution < 1.29 is 4.79 Å². The Labute approximate surface area is 108 Å². The number of hydrogen-bond acceptors (Lipinski definition) is 2. The molecule has 0 heterocycles. The predicted molar refractivity (Wildman–Crippen MR) is 75.2 cm³/mol. The monoisotopic (exact) mass is 250 g/mol. The highest BCUT2D eigenvalue weighted by Crippen LogP contribution is 2.15. The summed E-state index contributed by atoms with van der Waals surface area (Å²) in [6.45, 7) is 5.97. The third-order valence-electron chi connectivity index (χ3n) is 2.37. The molecule has 1 aromatic carbocycles. The van der Waals surface area contributed by atoms with Crippen molar-refractivity contribution in [3.05, 3.63) is 29.3 Å². The van der Waals surface area contributed by atoms with Crippen LogP contribution in [0.15, 0.2) is 18.2 Å². The van der Waals surface area contributed by atoms with Crippen LogP contribution in [0.2, 0.25) is 0 Å². The number of anilines is 1. The molecular weight excluding hydrogens is 232 g/mol. The summed E-state index contributed by atoms with van der Waals surface area (Å²) in [5.41, 5.74) is 3.19. The molecule has 17 heavy (non-hydrogen) atoms. The molecule has 1 amide bonds. The van der Waals surface area contributed by atoms with Gasteiger partial charge in [0.2, 0.25) is 5.91 Å². The number of aryl methyl sites for hydroxylation is 2. The second-order valence-electron chi connectivity index (χ2n) is 4.07. The summed E-state index contributed by atoms with van der Waals surface area (Å²) in [5.74, 6) is -0.0460. The Balaban J connectivity index is 2.62. The lowest BCUT2D eigenvalue weighted by molar-refractivity contribution is -0.119. The summed E-state index contributed by atoms with van der Waals surface area (Å²) >= 11 is 5.09. The van der Waals surface area contributed by atoms with Crippen molar-refractivity contribution in [2.75, 3.05) is 5.32 Å². The highest BCUT2D eigenvalue weighted by atomic mass is 32.1. The van der Waals surface area contributed by atoms with Crippen LogP contribution in [0.4, 0.5) is 5.69 Å². The standard InChI is InChI=1S/C13H18N2OS/c1-4-5-12(16)15-13(17)14-11-8-9(2)6-7-10(11)3/h6-8H,4-5H2,1-3H3,(H2,14,15,16,17). The molecule has 0 saturated carbocycles. The molecule has 0 saturated heterocycles. The zero-order valence-corrected chi connectivity index (χ0v) is 11.3. The predicted octanol–water partition coefficient (Wildman–Crippen LogP) is 2.92. The van der Waals surface area contributed by atoms with E-state index >= 15 is 0 Å². The maximum atomic E-state index is 11.4. The van der Waals surface area contributed by atoms with Gasteiger partial charge in [0.15, 0.2) is 5.11 Å². The van der Waals surface area contributed by atoms with Crippen molar-refractivity contribution in [1.82, 2.24) is 5.32 Å². The first-order valence-electron chi connectivity index (χ1n) is 5.71. The van der Waals surface area contributed by atoms with Crippen molar-refractivity contribution >= 4 is 28.9 Å². The molecular formula is C13H18N2OS. The summed E-state index contributed by atoms with van der Waals surface area (Å²) in [5, 5.41) is 6.06. The van der Waals surface area contributed by atoms with E-state index in [1.807, 2.05) is 39.0 Å². The minimum absolute atomic E-state index is 0.0460. The van der Waals surface area contributed by atoms with Gasteiger partial charge >= 0.3 is 0 Å². The van der Waals surface area contributed by atoms with Gasteiger partial charge in [-0.2, -0.15) is 0 Å². The number of amides is 1. The molecule has 0 aliphatic carbocycles. The number of benzene rings is 1. The van der Waals surface area contributed by atoms with E-state index in [2.05, 4.69) is 10.6 Å². The zero-order valence-electron chi connectivity index (χ0n) is 10.5. The highest BCUT2D eigenvalue weighted by molar-refractivity contribution is 7.80. The summed E-state index contributed by atoms with van der Waals surface area (Å²) in [6.07, 6.45) is 1.31. The molecule has 1 rings (SSSR count). The van der Waals surface area contributed by atoms with Gasteiger partial charge in [0.05, 0.1) is 0 Å². The molecule has 92 valence electrons. The van der Waals surface area contributed by atoms with Crippen LogP contribution in [0.5, 0.6) is 0 Å². The molecule has 2 N–H and O–H groups in total. The van der Waals surface area contributed by atoms with Crippen LogP contribution in [0.25, 0.3) is 0 Å². The minimum atomic E-state index is -0.0460. The number of carbonyl (C=O) groups excluding carboxylic acids is 1. The third kappa shape index (κ3) is 4.53. The maximum absolute atomic E-state index is 11.4. The van der Waals surface area contributed by atoms with E-state index in [1.54, 1.807) is 0 Å². The number of thiocarbonyl (C=S) groups is 1. The Kier molecular flexibility index (Phi) is 5.10. The number of nitrogens with one attached hydrogen (secondary N) is 2. The van der Waals surface area contributed by atoms with Crippen LogP contribution in [0.1, 0.15) is 30.9 Å². The fraction of sp³-hybridized carbons (Fsp3) is 0.385. The van der Waals surface area contributed by atoms with Crippen molar-refractivity contribution in [2.24, 2.45) is 0 Å². The Morgan fingerprint density at radius 2 is 2.06 bits per heavy atom. The summed E-state index contributed by atoms with van der Waals surface area (Å²) < 4.78 is 0. The third-order valence-corrected chi connectivity index (χ3v) is 2.58. The molecule has 0 fully saturated rings. The quantitative estimate of drug-likeness (QED) is 0.810. The Hall–Kier alpha value is -1.42. The molecule has 0 atom stereocenters. The van der Waals surface area contributed by atoms with Gasteiger partial charge in [0, 0.05) is 12.1 Å². The van der Waals surface area contributed by atoms with Crippen LogP contribution >= 0.6 is 12.2 Å².